The predicted molar refractivity (Wildman–Crippen MR) is 117 cm³/mol. The highest BCUT2D eigenvalue weighted by molar-refractivity contribution is 7.87. The van der Waals surface area contributed by atoms with Gasteiger partial charge in [-0.3, -0.25) is 12.5 Å². The van der Waals surface area contributed by atoms with Crippen LogP contribution in [0.3, 0.4) is 0 Å². The molecule has 0 atom stereocenters. The van der Waals surface area contributed by atoms with Crippen molar-refractivity contribution in [1.29, 1.82) is 0 Å². The molecule has 0 aliphatic heterocycles. The molecule has 0 unspecified atom stereocenters. The van der Waals surface area contributed by atoms with Crippen molar-refractivity contribution in [2.24, 2.45) is 0 Å². The quantitative estimate of drug-likeness (QED) is 0.249. The first-order valence-electron chi connectivity index (χ1n) is 10.5. The Bertz CT molecular complexity index is 728. The smallest absolute Gasteiger partial charge is 0.267 e. The molecule has 0 radical (unpaired) electrons. The topological polar surface area (TPSA) is 130 Å². The summed E-state index contributed by atoms with van der Waals surface area (Å²) in [5.41, 5.74) is -1.35. The summed E-state index contributed by atoms with van der Waals surface area (Å²) in [7, 11) is -11.3. The van der Waals surface area contributed by atoms with Gasteiger partial charge in [0.25, 0.3) is 30.4 Å². The van der Waals surface area contributed by atoms with Crippen LogP contribution in [0.15, 0.2) is 0 Å². The average molecular weight is 495 g/mol. The molecular formula is C18H38O9S3. The molecule has 0 aromatic heterocycles. The normalized spacial score (nSPS) is 13.6. The summed E-state index contributed by atoms with van der Waals surface area (Å²) in [5.74, 6) is -0.409. The Balaban J connectivity index is 5.08. The van der Waals surface area contributed by atoms with Crippen LogP contribution in [0.1, 0.15) is 79.1 Å². The molecule has 0 aliphatic rings. The molecule has 9 nitrogen and oxygen atoms in total. The molecule has 0 heterocycles. The van der Waals surface area contributed by atoms with Gasteiger partial charge < -0.3 is 0 Å². The lowest BCUT2D eigenvalue weighted by Gasteiger charge is -2.28. The zero-order chi connectivity index (χ0) is 23.3. The van der Waals surface area contributed by atoms with Gasteiger partial charge in [-0.1, -0.05) is 40.0 Å². The van der Waals surface area contributed by atoms with Gasteiger partial charge in [0.2, 0.25) is 0 Å². The summed E-state index contributed by atoms with van der Waals surface area (Å²) < 4.78 is 87.2. The first-order chi connectivity index (χ1) is 13.8. The minimum Gasteiger partial charge on any atom is -0.270 e. The SMILES string of the molecule is CCCCS(=O)(=O)OCCC(C)(CCOS(=O)(=O)CCCC)OS(=O)(=O)CCCC. The van der Waals surface area contributed by atoms with Crippen molar-refractivity contribution in [2.75, 3.05) is 30.5 Å². The lowest BCUT2D eigenvalue weighted by atomic mass is 9.99. The van der Waals surface area contributed by atoms with Gasteiger partial charge >= 0.3 is 0 Å². The second-order valence-corrected chi connectivity index (χ2v) is 12.7. The van der Waals surface area contributed by atoms with E-state index in [2.05, 4.69) is 0 Å². The summed E-state index contributed by atoms with van der Waals surface area (Å²) in [6, 6.07) is 0. The minimum absolute atomic E-state index is 0.0535. The lowest BCUT2D eigenvalue weighted by Crippen LogP contribution is -2.36. The third-order valence-corrected chi connectivity index (χ3v) is 8.43. The maximum absolute atomic E-state index is 12.3. The summed E-state index contributed by atoms with van der Waals surface area (Å²) in [5, 5.41) is 0. The van der Waals surface area contributed by atoms with E-state index in [1.54, 1.807) is 0 Å². The second kappa shape index (κ2) is 14.0. The Labute approximate surface area is 183 Å². The molecule has 30 heavy (non-hydrogen) atoms. The van der Waals surface area contributed by atoms with Crippen molar-refractivity contribution in [3.8, 4) is 0 Å². The zero-order valence-corrected chi connectivity index (χ0v) is 21.0. The van der Waals surface area contributed by atoms with Crippen molar-refractivity contribution < 1.29 is 37.8 Å². The number of hydrogen-bond donors (Lipinski definition) is 0. The fourth-order valence-electron chi connectivity index (χ4n) is 2.41. The number of unbranched alkanes of at least 4 members (excludes halogenated alkanes) is 3. The fourth-order valence-corrected chi connectivity index (χ4v) is 6.11. The minimum atomic E-state index is -3.87. The maximum Gasteiger partial charge on any atom is 0.267 e. The summed E-state index contributed by atoms with van der Waals surface area (Å²) >= 11 is 0. The van der Waals surface area contributed by atoms with Crippen LogP contribution < -0.4 is 0 Å². The third kappa shape index (κ3) is 14.7. The van der Waals surface area contributed by atoms with Crippen LogP contribution in [0.4, 0.5) is 0 Å². The molecule has 0 saturated carbocycles. The molecule has 0 fully saturated rings. The van der Waals surface area contributed by atoms with Crippen LogP contribution in [0, 0.1) is 0 Å². The lowest BCUT2D eigenvalue weighted by molar-refractivity contribution is 0.0495. The Kier molecular flexibility index (Phi) is 13.9. The van der Waals surface area contributed by atoms with Gasteiger partial charge in [0, 0.05) is 12.8 Å². The van der Waals surface area contributed by atoms with Gasteiger partial charge in [0.15, 0.2) is 0 Å². The van der Waals surface area contributed by atoms with Gasteiger partial charge in [-0.25, -0.2) is 0 Å². The number of rotatable bonds is 19. The highest BCUT2D eigenvalue weighted by atomic mass is 32.2. The molecule has 0 aromatic rings. The Morgan fingerprint density at radius 2 is 0.933 bits per heavy atom. The first-order valence-corrected chi connectivity index (χ1v) is 15.2. The van der Waals surface area contributed by atoms with E-state index in [9.17, 15) is 25.3 Å². The Morgan fingerprint density at radius 1 is 0.600 bits per heavy atom. The molecule has 0 aliphatic carbocycles. The van der Waals surface area contributed by atoms with E-state index in [1.807, 2.05) is 20.8 Å². The van der Waals surface area contributed by atoms with E-state index in [4.69, 9.17) is 12.5 Å². The van der Waals surface area contributed by atoms with Crippen LogP contribution in [0.5, 0.6) is 0 Å². The van der Waals surface area contributed by atoms with E-state index < -0.39 is 36.0 Å². The van der Waals surface area contributed by atoms with Crippen molar-refractivity contribution in [3.63, 3.8) is 0 Å². The van der Waals surface area contributed by atoms with Crippen LogP contribution >= 0.6 is 0 Å². The standard InChI is InChI=1S/C18H38O9S3/c1-5-8-15-28(19,20)25-13-11-18(4,27-30(23,24)17-10-7-3)12-14-26-29(21,22)16-9-6-2/h5-17H2,1-4H3. The van der Waals surface area contributed by atoms with Gasteiger partial charge in [-0.2, -0.15) is 25.3 Å². The van der Waals surface area contributed by atoms with E-state index in [0.717, 1.165) is 0 Å². The van der Waals surface area contributed by atoms with Crippen molar-refractivity contribution in [2.45, 2.75) is 84.7 Å². The third-order valence-electron chi connectivity index (χ3n) is 4.36. The van der Waals surface area contributed by atoms with E-state index in [-0.39, 0.29) is 43.3 Å². The van der Waals surface area contributed by atoms with Crippen LogP contribution in [0.2, 0.25) is 0 Å². The van der Waals surface area contributed by atoms with E-state index >= 15 is 0 Å². The van der Waals surface area contributed by atoms with Crippen LogP contribution in [-0.4, -0.2) is 61.3 Å². The zero-order valence-electron chi connectivity index (χ0n) is 18.6. The molecule has 0 bridgehead atoms. The largest absolute Gasteiger partial charge is 0.270 e. The summed E-state index contributed by atoms with van der Waals surface area (Å²) in [6.07, 6.45) is 3.30. The Hall–Kier alpha value is -0.270. The molecule has 12 heteroatoms. The summed E-state index contributed by atoms with van der Waals surface area (Å²) in [4.78, 5) is 0. The van der Waals surface area contributed by atoms with E-state index in [0.29, 0.717) is 38.5 Å². The highest BCUT2D eigenvalue weighted by Crippen LogP contribution is 2.25. The molecule has 0 saturated heterocycles. The highest BCUT2D eigenvalue weighted by Gasteiger charge is 2.32. The summed E-state index contributed by atoms with van der Waals surface area (Å²) in [6.45, 7) is 6.51. The van der Waals surface area contributed by atoms with E-state index in [1.165, 1.54) is 6.92 Å². The predicted octanol–water partition coefficient (Wildman–Crippen LogP) is 2.96. The van der Waals surface area contributed by atoms with Gasteiger partial charge in [0.05, 0.1) is 36.1 Å². The molecule has 0 amide bonds. The molecule has 182 valence electrons. The first kappa shape index (κ1) is 29.7. The van der Waals surface area contributed by atoms with Crippen LogP contribution in [-0.2, 0) is 42.9 Å². The Morgan fingerprint density at radius 3 is 1.27 bits per heavy atom. The van der Waals surface area contributed by atoms with Crippen molar-refractivity contribution in [1.82, 2.24) is 0 Å². The maximum atomic E-state index is 12.3. The van der Waals surface area contributed by atoms with Crippen molar-refractivity contribution in [3.05, 3.63) is 0 Å². The van der Waals surface area contributed by atoms with Crippen molar-refractivity contribution >= 4 is 30.4 Å². The molecule has 0 spiro atoms. The second-order valence-electron chi connectivity index (χ2n) is 7.52. The molecule has 0 aromatic carbocycles. The van der Waals surface area contributed by atoms with Crippen LogP contribution in [0.25, 0.3) is 0 Å². The molecule has 0 N–H and O–H groups in total. The van der Waals surface area contributed by atoms with Gasteiger partial charge in [-0.05, 0) is 26.2 Å². The average Bonchev–Trinajstić information content (AvgIpc) is 2.62. The van der Waals surface area contributed by atoms with Gasteiger partial charge in [-0.15, -0.1) is 0 Å². The number of hydrogen-bond acceptors (Lipinski definition) is 9. The monoisotopic (exact) mass is 494 g/mol. The fraction of sp³-hybridized carbons (Fsp3) is 1.00. The molecule has 0 rings (SSSR count). The van der Waals surface area contributed by atoms with Gasteiger partial charge in [0.1, 0.15) is 0 Å². The molecular weight excluding hydrogens is 456 g/mol.